The van der Waals surface area contributed by atoms with E-state index in [4.69, 9.17) is 5.26 Å². The predicted octanol–water partition coefficient (Wildman–Crippen LogP) is 5.15. The fourth-order valence-electron chi connectivity index (χ4n) is 4.37. The Balaban J connectivity index is 1.45. The molecule has 0 aliphatic carbocycles. The van der Waals surface area contributed by atoms with Crippen molar-refractivity contribution in [1.82, 2.24) is 14.9 Å². The first-order valence-electron chi connectivity index (χ1n) is 11.3. The second kappa shape index (κ2) is 9.30. The van der Waals surface area contributed by atoms with E-state index >= 15 is 0 Å². The molecule has 1 amide bonds. The summed E-state index contributed by atoms with van der Waals surface area (Å²) in [5.41, 5.74) is 1.38. The first-order valence-corrected chi connectivity index (χ1v) is 11.3. The fraction of sp³-hybridized carbons (Fsp3) is 0.185. The van der Waals surface area contributed by atoms with E-state index < -0.39 is 11.9 Å². The number of amides is 1. The van der Waals surface area contributed by atoms with Crippen molar-refractivity contribution in [3.8, 4) is 17.2 Å². The summed E-state index contributed by atoms with van der Waals surface area (Å²) in [6.07, 6.45) is -3.01. The van der Waals surface area contributed by atoms with E-state index in [1.165, 1.54) is 6.07 Å². The lowest BCUT2D eigenvalue weighted by atomic mass is 10.0. The Morgan fingerprint density at radius 1 is 0.944 bits per heavy atom. The molecule has 0 radical (unpaired) electrons. The molecule has 0 N–H and O–H groups in total. The van der Waals surface area contributed by atoms with Crippen LogP contribution in [0.1, 0.15) is 21.6 Å². The molecule has 2 aromatic carbocycles. The van der Waals surface area contributed by atoms with E-state index in [-0.39, 0.29) is 11.4 Å². The maximum absolute atomic E-state index is 13.5. The van der Waals surface area contributed by atoms with Crippen molar-refractivity contribution in [1.29, 1.82) is 5.26 Å². The lowest BCUT2D eigenvalue weighted by Gasteiger charge is -2.36. The number of benzene rings is 2. The highest BCUT2D eigenvalue weighted by molar-refractivity contribution is 5.99. The summed E-state index contributed by atoms with van der Waals surface area (Å²) in [4.78, 5) is 25.2. The van der Waals surface area contributed by atoms with Gasteiger partial charge in [-0.2, -0.15) is 18.4 Å². The lowest BCUT2D eigenvalue weighted by Crippen LogP contribution is -2.49. The van der Waals surface area contributed by atoms with Crippen molar-refractivity contribution in [3.05, 3.63) is 89.7 Å². The number of alkyl halides is 3. The third kappa shape index (κ3) is 4.45. The lowest BCUT2D eigenvalue weighted by molar-refractivity contribution is -0.140. The minimum Gasteiger partial charge on any atom is -0.353 e. The highest BCUT2D eigenvalue weighted by Crippen LogP contribution is 2.36. The number of hydrogen-bond acceptors (Lipinski definition) is 5. The van der Waals surface area contributed by atoms with Crippen LogP contribution < -0.4 is 4.90 Å². The van der Waals surface area contributed by atoms with Crippen LogP contribution in [-0.2, 0) is 6.18 Å². The zero-order valence-electron chi connectivity index (χ0n) is 19.0. The van der Waals surface area contributed by atoms with Gasteiger partial charge in [-0.05, 0) is 35.9 Å². The van der Waals surface area contributed by atoms with Gasteiger partial charge in [-0.3, -0.25) is 4.79 Å². The molecule has 1 aliphatic heterocycles. The molecule has 1 saturated heterocycles. The predicted molar refractivity (Wildman–Crippen MR) is 129 cm³/mol. The van der Waals surface area contributed by atoms with Crippen LogP contribution in [0.2, 0.25) is 0 Å². The molecule has 0 spiro atoms. The summed E-state index contributed by atoms with van der Waals surface area (Å²) < 4.78 is 40.4. The van der Waals surface area contributed by atoms with Crippen LogP contribution >= 0.6 is 0 Å². The Morgan fingerprint density at radius 2 is 1.69 bits per heavy atom. The normalized spacial score (nSPS) is 14.1. The van der Waals surface area contributed by atoms with Gasteiger partial charge in [0, 0.05) is 48.9 Å². The van der Waals surface area contributed by atoms with Crippen LogP contribution in [0.4, 0.5) is 19.0 Å². The van der Waals surface area contributed by atoms with Crippen molar-refractivity contribution in [2.45, 2.75) is 6.18 Å². The average molecular weight is 487 g/mol. The van der Waals surface area contributed by atoms with Gasteiger partial charge in [0.05, 0.1) is 17.1 Å². The van der Waals surface area contributed by atoms with Crippen LogP contribution in [0.25, 0.3) is 22.0 Å². The van der Waals surface area contributed by atoms with Crippen molar-refractivity contribution in [3.63, 3.8) is 0 Å². The molecular weight excluding hydrogens is 467 g/mol. The molecule has 3 heterocycles. The van der Waals surface area contributed by atoms with Gasteiger partial charge < -0.3 is 9.80 Å². The van der Waals surface area contributed by atoms with Gasteiger partial charge in [0.2, 0.25) is 0 Å². The van der Waals surface area contributed by atoms with E-state index in [2.05, 4.69) is 9.97 Å². The summed E-state index contributed by atoms with van der Waals surface area (Å²) in [5, 5.41) is 9.62. The zero-order valence-corrected chi connectivity index (χ0v) is 19.0. The largest absolute Gasteiger partial charge is 0.433 e. The molecule has 1 aliphatic rings. The molecule has 1 fully saturated rings. The number of hydrogen-bond donors (Lipinski definition) is 0. The standard InChI is InChI=1S/C27H20F3N5O/c28-27(29,30)23-10-9-21-24(33-23)22(19-6-2-1-3-7-19)17-32-25(21)34-11-13-35(14-12-34)26(36)20-8-4-5-18(15-20)16-31/h1-10,15,17H,11-14H2. The third-order valence-electron chi connectivity index (χ3n) is 6.19. The number of fused-ring (bicyclic) bond motifs is 1. The number of carbonyl (C=O) groups excluding carboxylic acids is 1. The highest BCUT2D eigenvalue weighted by atomic mass is 19.4. The van der Waals surface area contributed by atoms with E-state index in [1.54, 1.807) is 35.4 Å². The number of nitriles is 1. The van der Waals surface area contributed by atoms with Gasteiger partial charge in [0.1, 0.15) is 11.5 Å². The smallest absolute Gasteiger partial charge is 0.353 e. The van der Waals surface area contributed by atoms with Crippen molar-refractivity contribution in [2.24, 2.45) is 0 Å². The SMILES string of the molecule is N#Cc1cccc(C(=O)N2CCN(c3ncc(-c4ccccc4)c4nc(C(F)(F)F)ccc34)CC2)c1. The minimum atomic E-state index is -4.57. The molecule has 2 aromatic heterocycles. The Hall–Kier alpha value is -4.45. The molecule has 0 saturated carbocycles. The van der Waals surface area contributed by atoms with E-state index in [0.29, 0.717) is 54.1 Å². The maximum Gasteiger partial charge on any atom is 0.433 e. The highest BCUT2D eigenvalue weighted by Gasteiger charge is 2.33. The van der Waals surface area contributed by atoms with Crippen LogP contribution in [0, 0.1) is 11.3 Å². The first kappa shape index (κ1) is 23.3. The van der Waals surface area contributed by atoms with Crippen LogP contribution in [0.15, 0.2) is 72.9 Å². The van der Waals surface area contributed by atoms with Gasteiger partial charge in [-0.15, -0.1) is 0 Å². The van der Waals surface area contributed by atoms with Crippen molar-refractivity contribution in [2.75, 3.05) is 31.1 Å². The summed E-state index contributed by atoms with van der Waals surface area (Å²) in [6.45, 7) is 1.73. The van der Waals surface area contributed by atoms with E-state index in [0.717, 1.165) is 11.6 Å². The number of piperazine rings is 1. The molecule has 9 heteroatoms. The summed E-state index contributed by atoms with van der Waals surface area (Å²) in [7, 11) is 0. The number of pyridine rings is 2. The number of aromatic nitrogens is 2. The second-order valence-electron chi connectivity index (χ2n) is 8.42. The molecule has 0 atom stereocenters. The summed E-state index contributed by atoms with van der Waals surface area (Å²) >= 11 is 0. The number of rotatable bonds is 3. The Morgan fingerprint density at radius 3 is 2.39 bits per heavy atom. The Bertz CT molecular complexity index is 1470. The minimum absolute atomic E-state index is 0.166. The Kier molecular flexibility index (Phi) is 6.02. The quantitative estimate of drug-likeness (QED) is 0.400. The average Bonchev–Trinajstić information content (AvgIpc) is 2.92. The topological polar surface area (TPSA) is 73.1 Å². The Labute approximate surface area is 205 Å². The molecule has 0 bridgehead atoms. The fourth-order valence-corrected chi connectivity index (χ4v) is 4.37. The van der Waals surface area contributed by atoms with Crippen LogP contribution in [-0.4, -0.2) is 47.0 Å². The number of halogens is 3. The number of carbonyl (C=O) groups is 1. The third-order valence-corrected chi connectivity index (χ3v) is 6.19. The zero-order chi connectivity index (χ0) is 25.3. The molecular formula is C27H20F3N5O. The van der Waals surface area contributed by atoms with Crippen LogP contribution in [0.5, 0.6) is 0 Å². The maximum atomic E-state index is 13.5. The molecule has 36 heavy (non-hydrogen) atoms. The van der Waals surface area contributed by atoms with E-state index in [9.17, 15) is 18.0 Å². The van der Waals surface area contributed by atoms with E-state index in [1.807, 2.05) is 41.3 Å². The molecule has 180 valence electrons. The van der Waals surface area contributed by atoms with Crippen LogP contribution in [0.3, 0.4) is 0 Å². The van der Waals surface area contributed by atoms with Gasteiger partial charge in [0.25, 0.3) is 5.91 Å². The number of anilines is 1. The van der Waals surface area contributed by atoms with Gasteiger partial charge in [0.15, 0.2) is 0 Å². The number of nitrogens with zero attached hydrogens (tertiary/aromatic N) is 5. The molecule has 0 unspecified atom stereocenters. The molecule has 5 rings (SSSR count). The van der Waals surface area contributed by atoms with Gasteiger partial charge in [-0.25, -0.2) is 9.97 Å². The summed E-state index contributed by atoms with van der Waals surface area (Å²) in [6, 6.07) is 20.1. The van der Waals surface area contributed by atoms with Crippen molar-refractivity contribution < 1.29 is 18.0 Å². The monoisotopic (exact) mass is 487 g/mol. The first-order chi connectivity index (χ1) is 17.3. The van der Waals surface area contributed by atoms with Crippen molar-refractivity contribution >= 4 is 22.6 Å². The second-order valence-corrected chi connectivity index (χ2v) is 8.42. The molecule has 6 nitrogen and oxygen atoms in total. The summed E-state index contributed by atoms with van der Waals surface area (Å²) in [5.74, 6) is 0.366. The molecule has 4 aromatic rings. The van der Waals surface area contributed by atoms with Gasteiger partial charge in [-0.1, -0.05) is 36.4 Å². The van der Waals surface area contributed by atoms with Gasteiger partial charge >= 0.3 is 6.18 Å².